The van der Waals surface area contributed by atoms with Crippen LogP contribution in [0.15, 0.2) is 24.3 Å². The maximum Gasteiger partial charge on any atom is 0.0554 e. The van der Waals surface area contributed by atoms with E-state index in [1.165, 1.54) is 24.0 Å². The summed E-state index contributed by atoms with van der Waals surface area (Å²) in [7, 11) is 0. The maximum absolute atomic E-state index is 5.28. The molecule has 16 heavy (non-hydrogen) atoms. The van der Waals surface area contributed by atoms with E-state index in [-0.39, 0.29) is 0 Å². The topological polar surface area (TPSA) is 21.3 Å². The van der Waals surface area contributed by atoms with Crippen LogP contribution in [0.4, 0.5) is 0 Å². The van der Waals surface area contributed by atoms with E-state index >= 15 is 0 Å². The Balaban J connectivity index is 1.65. The second-order valence-electron chi connectivity index (χ2n) is 5.47. The maximum atomic E-state index is 5.28. The molecule has 1 aliphatic carbocycles. The number of benzene rings is 1. The highest BCUT2D eigenvalue weighted by molar-refractivity contribution is 5.34. The molecule has 1 fully saturated rings. The molecule has 86 valence electrons. The Bertz CT molecular complexity index is 384. The van der Waals surface area contributed by atoms with Gasteiger partial charge in [0.05, 0.1) is 13.2 Å². The molecule has 0 spiro atoms. The first-order valence-electron chi connectivity index (χ1n) is 6.16. The minimum Gasteiger partial charge on any atom is -0.380 e. The van der Waals surface area contributed by atoms with Gasteiger partial charge in [0.25, 0.3) is 0 Å². The normalized spacial score (nSPS) is 26.2. The number of rotatable bonds is 3. The van der Waals surface area contributed by atoms with Crippen LogP contribution in [0.1, 0.15) is 30.5 Å². The number of nitrogens with one attached hydrogen (secondary N) is 1. The van der Waals surface area contributed by atoms with Gasteiger partial charge in [-0.1, -0.05) is 31.2 Å². The van der Waals surface area contributed by atoms with Crippen molar-refractivity contribution in [3.63, 3.8) is 0 Å². The van der Waals surface area contributed by atoms with Gasteiger partial charge in [-0.25, -0.2) is 0 Å². The predicted octanol–water partition coefficient (Wildman–Crippen LogP) is 2.30. The van der Waals surface area contributed by atoms with Crippen LogP contribution in [-0.2, 0) is 11.2 Å². The summed E-state index contributed by atoms with van der Waals surface area (Å²) >= 11 is 0. The fourth-order valence-corrected chi connectivity index (χ4v) is 2.69. The Labute approximate surface area is 97.0 Å². The van der Waals surface area contributed by atoms with Gasteiger partial charge in [0.15, 0.2) is 0 Å². The number of hydrogen-bond donors (Lipinski definition) is 1. The first-order valence-corrected chi connectivity index (χ1v) is 6.16. The van der Waals surface area contributed by atoms with Crippen LogP contribution >= 0.6 is 0 Å². The van der Waals surface area contributed by atoms with Gasteiger partial charge in [-0.05, 0) is 24.0 Å². The van der Waals surface area contributed by atoms with Crippen molar-refractivity contribution in [3.8, 4) is 0 Å². The van der Waals surface area contributed by atoms with Gasteiger partial charge < -0.3 is 10.1 Å². The molecule has 1 unspecified atom stereocenters. The minimum absolute atomic E-state index is 0.373. The molecule has 1 atom stereocenters. The molecule has 0 aromatic heterocycles. The van der Waals surface area contributed by atoms with E-state index in [0.29, 0.717) is 11.5 Å². The molecule has 0 radical (unpaired) electrons. The van der Waals surface area contributed by atoms with Gasteiger partial charge in [0, 0.05) is 18.0 Å². The molecular formula is C14H19NO. The van der Waals surface area contributed by atoms with Crippen molar-refractivity contribution in [2.24, 2.45) is 5.41 Å². The summed E-state index contributed by atoms with van der Waals surface area (Å²) in [4.78, 5) is 0. The second-order valence-corrected chi connectivity index (χ2v) is 5.47. The quantitative estimate of drug-likeness (QED) is 0.839. The zero-order valence-corrected chi connectivity index (χ0v) is 9.83. The van der Waals surface area contributed by atoms with Crippen molar-refractivity contribution < 1.29 is 4.74 Å². The van der Waals surface area contributed by atoms with Crippen molar-refractivity contribution >= 4 is 0 Å². The van der Waals surface area contributed by atoms with E-state index in [2.05, 4.69) is 36.5 Å². The van der Waals surface area contributed by atoms with Crippen LogP contribution in [0, 0.1) is 5.41 Å². The lowest BCUT2D eigenvalue weighted by atomic mass is 9.88. The first kappa shape index (κ1) is 10.3. The number of ether oxygens (including phenoxy) is 1. The molecule has 1 aromatic rings. The van der Waals surface area contributed by atoms with Crippen LogP contribution in [-0.4, -0.2) is 19.8 Å². The van der Waals surface area contributed by atoms with Crippen molar-refractivity contribution in [1.82, 2.24) is 5.32 Å². The van der Waals surface area contributed by atoms with Gasteiger partial charge in [0.1, 0.15) is 0 Å². The van der Waals surface area contributed by atoms with Crippen LogP contribution in [0.5, 0.6) is 0 Å². The lowest BCUT2D eigenvalue weighted by Crippen LogP contribution is -2.47. The molecule has 2 heteroatoms. The number of hydrogen-bond acceptors (Lipinski definition) is 2. The Morgan fingerprint density at radius 1 is 1.38 bits per heavy atom. The average Bonchev–Trinajstić information content (AvgIpc) is 2.67. The van der Waals surface area contributed by atoms with Crippen LogP contribution in [0.3, 0.4) is 0 Å². The Morgan fingerprint density at radius 2 is 2.19 bits per heavy atom. The molecule has 1 heterocycles. The molecule has 0 bridgehead atoms. The smallest absolute Gasteiger partial charge is 0.0554 e. The van der Waals surface area contributed by atoms with Crippen LogP contribution in [0.2, 0.25) is 0 Å². The van der Waals surface area contributed by atoms with Crippen molar-refractivity contribution in [2.75, 3.05) is 19.8 Å². The molecule has 3 rings (SSSR count). The highest BCUT2D eigenvalue weighted by Crippen LogP contribution is 2.32. The van der Waals surface area contributed by atoms with Gasteiger partial charge in [-0.15, -0.1) is 0 Å². The van der Waals surface area contributed by atoms with E-state index in [1.54, 1.807) is 0 Å². The number of fused-ring (bicyclic) bond motifs is 1. The first-order chi connectivity index (χ1) is 7.77. The van der Waals surface area contributed by atoms with Gasteiger partial charge in [0.2, 0.25) is 0 Å². The van der Waals surface area contributed by atoms with Crippen molar-refractivity contribution in [3.05, 3.63) is 35.4 Å². The van der Waals surface area contributed by atoms with E-state index in [9.17, 15) is 0 Å². The lowest BCUT2D eigenvalue weighted by molar-refractivity contribution is -0.100. The third-order valence-electron chi connectivity index (χ3n) is 3.81. The summed E-state index contributed by atoms with van der Waals surface area (Å²) < 4.78 is 5.28. The summed E-state index contributed by atoms with van der Waals surface area (Å²) in [5, 5.41) is 3.70. The number of aryl methyl sites for hydroxylation is 1. The van der Waals surface area contributed by atoms with Crippen LogP contribution < -0.4 is 5.32 Å². The fraction of sp³-hybridized carbons (Fsp3) is 0.571. The molecule has 1 saturated heterocycles. The monoisotopic (exact) mass is 217 g/mol. The summed E-state index contributed by atoms with van der Waals surface area (Å²) in [6.45, 7) is 5.19. The zero-order chi connectivity index (χ0) is 11.0. The van der Waals surface area contributed by atoms with Crippen molar-refractivity contribution in [2.45, 2.75) is 25.8 Å². The minimum atomic E-state index is 0.373. The lowest BCUT2D eigenvalue weighted by Gasteiger charge is -2.39. The molecular weight excluding hydrogens is 198 g/mol. The average molecular weight is 217 g/mol. The molecule has 0 amide bonds. The molecule has 1 N–H and O–H groups in total. The van der Waals surface area contributed by atoms with E-state index in [4.69, 9.17) is 4.74 Å². The Morgan fingerprint density at radius 3 is 2.94 bits per heavy atom. The fourth-order valence-electron chi connectivity index (χ4n) is 2.69. The predicted molar refractivity (Wildman–Crippen MR) is 64.4 cm³/mol. The summed E-state index contributed by atoms with van der Waals surface area (Å²) in [6, 6.07) is 9.37. The highest BCUT2D eigenvalue weighted by Gasteiger charge is 2.34. The van der Waals surface area contributed by atoms with Gasteiger partial charge in [-0.3, -0.25) is 0 Å². The van der Waals surface area contributed by atoms with Crippen molar-refractivity contribution in [1.29, 1.82) is 0 Å². The molecule has 1 aromatic carbocycles. The summed E-state index contributed by atoms with van der Waals surface area (Å²) in [5.74, 6) is 0. The van der Waals surface area contributed by atoms with E-state index in [1.807, 2.05) is 0 Å². The third kappa shape index (κ3) is 1.76. The van der Waals surface area contributed by atoms with Crippen LogP contribution in [0.25, 0.3) is 0 Å². The molecule has 0 saturated carbocycles. The van der Waals surface area contributed by atoms with E-state index in [0.717, 1.165) is 19.8 Å². The standard InChI is InChI=1S/C14H19NO/c1-14(9-16-10-14)8-15-13-7-6-11-4-2-3-5-12(11)13/h2-5,13,15H,6-10H2,1H3. The van der Waals surface area contributed by atoms with Gasteiger partial charge in [-0.2, -0.15) is 0 Å². The Hall–Kier alpha value is -0.860. The van der Waals surface area contributed by atoms with E-state index < -0.39 is 0 Å². The zero-order valence-electron chi connectivity index (χ0n) is 9.83. The molecule has 2 aliphatic rings. The van der Waals surface area contributed by atoms with Gasteiger partial charge >= 0.3 is 0 Å². The largest absolute Gasteiger partial charge is 0.380 e. The Kier molecular flexibility index (Phi) is 2.49. The second kappa shape index (κ2) is 3.86. The summed E-state index contributed by atoms with van der Waals surface area (Å²) in [6.07, 6.45) is 2.47. The third-order valence-corrected chi connectivity index (χ3v) is 3.81. The highest BCUT2D eigenvalue weighted by atomic mass is 16.5. The molecule has 2 nitrogen and oxygen atoms in total. The molecule has 1 aliphatic heterocycles. The summed E-state index contributed by atoms with van der Waals surface area (Å²) in [5.41, 5.74) is 3.40. The SMILES string of the molecule is CC1(CNC2CCc3ccccc32)COC1.